The van der Waals surface area contributed by atoms with Crippen molar-refractivity contribution >= 4 is 27.7 Å². The molecule has 0 aliphatic rings. The largest absolute Gasteiger partial charge is 0.454 e. The number of pyridine rings is 1. The molecule has 136 valence electrons. The summed E-state index contributed by atoms with van der Waals surface area (Å²) in [6, 6.07) is 7.23. The summed E-state index contributed by atoms with van der Waals surface area (Å²) in [5, 5.41) is 6.09. The molecule has 0 saturated carbocycles. The molecule has 3 aromatic heterocycles. The zero-order valence-electron chi connectivity index (χ0n) is 13.3. The molecule has 3 rings (SSSR count). The molecule has 0 aliphatic carbocycles. The van der Waals surface area contributed by atoms with Crippen molar-refractivity contribution in [2.75, 3.05) is 5.32 Å². The lowest BCUT2D eigenvalue weighted by Crippen LogP contribution is -2.12. The van der Waals surface area contributed by atoms with Gasteiger partial charge in [-0.2, -0.15) is 18.3 Å². The second kappa shape index (κ2) is 6.94. The fourth-order valence-electron chi connectivity index (χ4n) is 2.17. The number of alkyl halides is 3. The summed E-state index contributed by atoms with van der Waals surface area (Å²) in [5.74, 6) is 0.151. The second-order valence-electron chi connectivity index (χ2n) is 5.41. The number of amides is 1. The van der Waals surface area contributed by atoms with Gasteiger partial charge >= 0.3 is 6.18 Å². The minimum atomic E-state index is -4.51. The van der Waals surface area contributed by atoms with Crippen LogP contribution < -0.4 is 5.32 Å². The van der Waals surface area contributed by atoms with E-state index in [1.54, 1.807) is 12.1 Å². The van der Waals surface area contributed by atoms with Gasteiger partial charge in [-0.15, -0.1) is 0 Å². The number of carbonyl (C=O) groups excluding carboxylic acids is 1. The van der Waals surface area contributed by atoms with Gasteiger partial charge in [0, 0.05) is 16.4 Å². The number of hydrogen-bond acceptors (Lipinski definition) is 4. The lowest BCUT2D eigenvalue weighted by atomic mass is 10.3. The van der Waals surface area contributed by atoms with Gasteiger partial charge in [-0.25, -0.2) is 4.98 Å². The first-order valence-corrected chi connectivity index (χ1v) is 8.15. The van der Waals surface area contributed by atoms with E-state index in [1.165, 1.54) is 29.9 Å². The summed E-state index contributed by atoms with van der Waals surface area (Å²) in [7, 11) is 0. The molecule has 0 aromatic carbocycles. The van der Waals surface area contributed by atoms with Gasteiger partial charge in [-0.05, 0) is 53.2 Å². The molecule has 3 aromatic rings. The predicted octanol–water partition coefficient (Wildman–Crippen LogP) is 4.26. The number of nitrogens with one attached hydrogen (secondary N) is 1. The molecule has 0 fully saturated rings. The molecule has 26 heavy (non-hydrogen) atoms. The lowest BCUT2D eigenvalue weighted by Gasteiger charge is -2.03. The van der Waals surface area contributed by atoms with E-state index in [2.05, 4.69) is 31.3 Å². The van der Waals surface area contributed by atoms with Crippen molar-refractivity contribution in [1.29, 1.82) is 0 Å². The molecule has 3 heterocycles. The number of hydrogen-bond donors (Lipinski definition) is 1. The fourth-order valence-corrected chi connectivity index (χ4v) is 2.40. The highest BCUT2D eigenvalue weighted by Gasteiger charge is 2.34. The summed E-state index contributed by atoms with van der Waals surface area (Å²) >= 11 is 3.24. The molecule has 0 radical (unpaired) electrons. The van der Waals surface area contributed by atoms with Crippen molar-refractivity contribution < 1.29 is 22.4 Å². The number of carbonyl (C=O) groups is 1. The molecule has 0 saturated heterocycles. The van der Waals surface area contributed by atoms with E-state index in [0.29, 0.717) is 17.3 Å². The topological polar surface area (TPSA) is 73.0 Å². The van der Waals surface area contributed by atoms with Crippen LogP contribution >= 0.6 is 15.9 Å². The summed E-state index contributed by atoms with van der Waals surface area (Å²) in [4.78, 5) is 16.2. The SMILES string of the molecule is Cc1cc(C(F)(F)F)nn1Cc1ccc(C(=O)Nc2ccc(Br)cn2)o1. The Balaban J connectivity index is 1.71. The molecule has 1 N–H and O–H groups in total. The molecule has 0 bridgehead atoms. The smallest absolute Gasteiger partial charge is 0.435 e. The van der Waals surface area contributed by atoms with Crippen molar-refractivity contribution in [3.63, 3.8) is 0 Å². The van der Waals surface area contributed by atoms with Crippen molar-refractivity contribution in [3.8, 4) is 0 Å². The van der Waals surface area contributed by atoms with Gasteiger partial charge in [-0.3, -0.25) is 9.48 Å². The van der Waals surface area contributed by atoms with Crippen molar-refractivity contribution in [3.05, 3.63) is 63.9 Å². The standard InChI is InChI=1S/C16H12BrF3N4O2/c1-9-6-13(16(18,19)20)23-24(9)8-11-3-4-12(26-11)15(25)22-14-5-2-10(17)7-21-14/h2-7H,8H2,1H3,(H,21,22,25). The van der Waals surface area contributed by atoms with Gasteiger partial charge in [0.05, 0.1) is 6.54 Å². The van der Waals surface area contributed by atoms with Crippen LogP contribution in [-0.2, 0) is 12.7 Å². The maximum Gasteiger partial charge on any atom is 0.435 e. The fraction of sp³-hybridized carbons (Fsp3) is 0.188. The number of nitrogens with zero attached hydrogens (tertiary/aromatic N) is 3. The second-order valence-corrected chi connectivity index (χ2v) is 6.32. The predicted molar refractivity (Wildman–Crippen MR) is 89.7 cm³/mol. The van der Waals surface area contributed by atoms with Crippen LogP contribution in [0.25, 0.3) is 0 Å². The Morgan fingerprint density at radius 2 is 2.08 bits per heavy atom. The Bertz CT molecular complexity index is 932. The summed E-state index contributed by atoms with van der Waals surface area (Å²) in [5.41, 5.74) is -0.639. The zero-order chi connectivity index (χ0) is 18.9. The van der Waals surface area contributed by atoms with Crippen LogP contribution in [0.5, 0.6) is 0 Å². The first-order valence-electron chi connectivity index (χ1n) is 7.35. The molecular weight excluding hydrogens is 417 g/mol. The highest BCUT2D eigenvalue weighted by atomic mass is 79.9. The minimum absolute atomic E-state index is 0.0190. The Hall–Kier alpha value is -2.62. The van der Waals surface area contributed by atoms with E-state index >= 15 is 0 Å². The number of rotatable bonds is 4. The van der Waals surface area contributed by atoms with Gasteiger partial charge in [0.2, 0.25) is 0 Å². The van der Waals surface area contributed by atoms with E-state index < -0.39 is 17.8 Å². The highest BCUT2D eigenvalue weighted by molar-refractivity contribution is 9.10. The normalized spacial score (nSPS) is 11.6. The summed E-state index contributed by atoms with van der Waals surface area (Å²) < 4.78 is 45.4. The Morgan fingerprint density at radius 3 is 2.69 bits per heavy atom. The third-order valence-electron chi connectivity index (χ3n) is 3.43. The zero-order valence-corrected chi connectivity index (χ0v) is 14.9. The molecule has 0 unspecified atom stereocenters. The molecule has 0 atom stereocenters. The minimum Gasteiger partial charge on any atom is -0.454 e. The molecular formula is C16H12BrF3N4O2. The van der Waals surface area contributed by atoms with Crippen molar-refractivity contribution in [2.45, 2.75) is 19.6 Å². The average Bonchev–Trinajstić information content (AvgIpc) is 3.17. The summed E-state index contributed by atoms with van der Waals surface area (Å²) in [6.07, 6.45) is -2.98. The Labute approximate surface area is 154 Å². The van der Waals surface area contributed by atoms with Crippen molar-refractivity contribution in [1.82, 2.24) is 14.8 Å². The third-order valence-corrected chi connectivity index (χ3v) is 3.90. The van der Waals surface area contributed by atoms with Crippen molar-refractivity contribution in [2.24, 2.45) is 0 Å². The molecule has 1 amide bonds. The van der Waals surface area contributed by atoms with Gasteiger partial charge < -0.3 is 9.73 Å². The molecule has 10 heteroatoms. The van der Waals surface area contributed by atoms with Gasteiger partial charge in [0.25, 0.3) is 5.91 Å². The number of aromatic nitrogens is 3. The van der Waals surface area contributed by atoms with Gasteiger partial charge in [0.1, 0.15) is 11.6 Å². The van der Waals surface area contributed by atoms with Gasteiger partial charge in [-0.1, -0.05) is 0 Å². The molecule has 0 aliphatic heterocycles. The van der Waals surface area contributed by atoms with E-state index in [4.69, 9.17) is 4.42 Å². The quantitative estimate of drug-likeness (QED) is 0.673. The van der Waals surface area contributed by atoms with Crippen LogP contribution in [0.3, 0.4) is 0 Å². The third kappa shape index (κ3) is 4.13. The molecule has 0 spiro atoms. The van der Waals surface area contributed by atoms with Gasteiger partial charge in [0.15, 0.2) is 11.5 Å². The maximum absolute atomic E-state index is 12.7. The average molecular weight is 429 g/mol. The number of aryl methyl sites for hydroxylation is 1. The summed E-state index contributed by atoms with van der Waals surface area (Å²) in [6.45, 7) is 1.49. The van der Waals surface area contributed by atoms with E-state index in [1.807, 2.05) is 0 Å². The van der Waals surface area contributed by atoms with Crippen LogP contribution in [0.4, 0.5) is 19.0 Å². The lowest BCUT2D eigenvalue weighted by molar-refractivity contribution is -0.141. The van der Waals surface area contributed by atoms with Crippen LogP contribution in [0.2, 0.25) is 0 Å². The highest BCUT2D eigenvalue weighted by Crippen LogP contribution is 2.28. The van der Waals surface area contributed by atoms with E-state index in [-0.39, 0.29) is 12.3 Å². The van der Waals surface area contributed by atoms with Crippen LogP contribution in [0.15, 0.2) is 45.4 Å². The number of furan rings is 1. The van der Waals surface area contributed by atoms with Crippen LogP contribution in [0.1, 0.15) is 27.7 Å². The first-order chi connectivity index (χ1) is 12.2. The monoisotopic (exact) mass is 428 g/mol. The molecule has 6 nitrogen and oxygen atoms in total. The van der Waals surface area contributed by atoms with E-state index in [9.17, 15) is 18.0 Å². The first kappa shape index (κ1) is 18.2. The Kier molecular flexibility index (Phi) is 4.86. The number of anilines is 1. The van der Waals surface area contributed by atoms with Crippen LogP contribution in [0, 0.1) is 6.92 Å². The van der Waals surface area contributed by atoms with Crippen LogP contribution in [-0.4, -0.2) is 20.7 Å². The van der Waals surface area contributed by atoms with E-state index in [0.717, 1.165) is 10.5 Å². The maximum atomic E-state index is 12.7. The Morgan fingerprint density at radius 1 is 1.31 bits per heavy atom. The number of halogens is 4.